The second-order valence-electron chi connectivity index (χ2n) is 7.14. The first-order chi connectivity index (χ1) is 15.1. The van der Waals surface area contributed by atoms with Gasteiger partial charge < -0.3 is 19.6 Å². The summed E-state index contributed by atoms with van der Waals surface area (Å²) in [7, 11) is 3.08. The number of hydrogen-bond acceptors (Lipinski definition) is 7. The van der Waals surface area contributed by atoms with Gasteiger partial charge in [0.25, 0.3) is 11.5 Å². The molecule has 0 fully saturated rings. The number of ether oxygens (including phenoxy) is 2. The van der Waals surface area contributed by atoms with Crippen molar-refractivity contribution in [3.63, 3.8) is 0 Å². The number of para-hydroxylation sites is 1. The molecule has 7 nitrogen and oxygen atoms in total. The van der Waals surface area contributed by atoms with Crippen molar-refractivity contribution in [1.82, 2.24) is 0 Å². The van der Waals surface area contributed by atoms with Crippen molar-refractivity contribution >= 4 is 34.4 Å². The third-order valence-electron chi connectivity index (χ3n) is 5.59. The quantitative estimate of drug-likeness (QED) is 0.617. The Kier molecular flexibility index (Phi) is 4.51. The van der Waals surface area contributed by atoms with E-state index in [2.05, 4.69) is 10.5 Å². The van der Waals surface area contributed by atoms with Gasteiger partial charge in [0, 0.05) is 16.8 Å². The van der Waals surface area contributed by atoms with E-state index in [0.717, 1.165) is 0 Å². The maximum atomic E-state index is 13.8. The number of methoxy groups -OCH3 is 2. The minimum absolute atomic E-state index is 0.247. The molecule has 0 radical (unpaired) electrons. The van der Waals surface area contributed by atoms with Gasteiger partial charge in [-0.3, -0.25) is 9.59 Å². The van der Waals surface area contributed by atoms with E-state index in [-0.39, 0.29) is 5.78 Å². The zero-order chi connectivity index (χ0) is 21.6. The highest BCUT2D eigenvalue weighted by Gasteiger charge is 2.63. The number of carbonyl (C=O) groups excluding carboxylic acids is 2. The molecular formula is C23H18N2O5S. The molecule has 2 aromatic carbocycles. The molecule has 5 rings (SSSR count). The van der Waals surface area contributed by atoms with Gasteiger partial charge in [0.15, 0.2) is 5.78 Å². The van der Waals surface area contributed by atoms with Crippen LogP contribution in [0.1, 0.15) is 20.8 Å². The van der Waals surface area contributed by atoms with Crippen molar-refractivity contribution in [2.24, 2.45) is 11.1 Å². The monoisotopic (exact) mass is 434 g/mol. The van der Waals surface area contributed by atoms with Crippen molar-refractivity contribution in [3.8, 4) is 11.5 Å². The van der Waals surface area contributed by atoms with Crippen molar-refractivity contribution in [3.05, 3.63) is 76.0 Å². The van der Waals surface area contributed by atoms with E-state index in [0.29, 0.717) is 38.9 Å². The molecule has 0 saturated carbocycles. The third kappa shape index (κ3) is 2.75. The molecule has 31 heavy (non-hydrogen) atoms. The highest BCUT2D eigenvalue weighted by molar-refractivity contribution is 7.12. The highest BCUT2D eigenvalue weighted by atomic mass is 32.1. The van der Waals surface area contributed by atoms with Gasteiger partial charge in [0.2, 0.25) is 0 Å². The first-order valence-electron chi connectivity index (χ1n) is 9.57. The molecule has 1 N–H and O–H groups in total. The van der Waals surface area contributed by atoms with Crippen LogP contribution in [0.3, 0.4) is 0 Å². The number of benzene rings is 2. The lowest BCUT2D eigenvalue weighted by Crippen LogP contribution is -2.46. The number of carbonyl (C=O) groups is 2. The van der Waals surface area contributed by atoms with Crippen molar-refractivity contribution in [2.75, 3.05) is 19.5 Å². The number of thiophene rings is 1. The van der Waals surface area contributed by atoms with Crippen LogP contribution in [-0.4, -0.2) is 31.6 Å². The maximum Gasteiger partial charge on any atom is 0.277 e. The molecule has 8 heteroatoms. The van der Waals surface area contributed by atoms with Crippen LogP contribution in [0.4, 0.5) is 5.69 Å². The average Bonchev–Trinajstić information content (AvgIpc) is 3.53. The normalized spacial score (nSPS) is 21.3. The van der Waals surface area contributed by atoms with Gasteiger partial charge in [-0.05, 0) is 35.7 Å². The molecule has 0 saturated heterocycles. The lowest BCUT2D eigenvalue weighted by molar-refractivity contribution is -0.140. The summed E-state index contributed by atoms with van der Waals surface area (Å²) in [5.74, 6) is -0.614. The number of oxime groups is 1. The summed E-state index contributed by atoms with van der Waals surface area (Å²) in [5.41, 5.74) is 0.439. The SMILES string of the molecule is COc1ccc(OC)c(C2=NO[C@@]3(C(=O)Nc4ccccc43)[C@@H]2C(=O)c2cccs2)c1. The lowest BCUT2D eigenvalue weighted by Gasteiger charge is -2.26. The molecule has 3 aromatic rings. The topological polar surface area (TPSA) is 86.2 Å². The van der Waals surface area contributed by atoms with Crippen molar-refractivity contribution < 1.29 is 23.9 Å². The fourth-order valence-corrected chi connectivity index (χ4v) is 4.83. The van der Waals surface area contributed by atoms with Gasteiger partial charge >= 0.3 is 0 Å². The number of hydrogen-bond donors (Lipinski definition) is 1. The predicted molar refractivity (Wildman–Crippen MR) is 116 cm³/mol. The Balaban J connectivity index is 1.73. The summed E-state index contributed by atoms with van der Waals surface area (Å²) in [4.78, 5) is 33.4. The maximum absolute atomic E-state index is 13.8. The first kappa shape index (κ1) is 19.3. The number of nitrogens with zero attached hydrogens (tertiary/aromatic N) is 1. The number of fused-ring (bicyclic) bond motifs is 2. The highest BCUT2D eigenvalue weighted by Crippen LogP contribution is 2.50. The lowest BCUT2D eigenvalue weighted by atomic mass is 9.75. The van der Waals surface area contributed by atoms with Crippen LogP contribution in [0.25, 0.3) is 0 Å². The van der Waals surface area contributed by atoms with Crippen molar-refractivity contribution in [1.29, 1.82) is 0 Å². The van der Waals surface area contributed by atoms with E-state index in [9.17, 15) is 9.59 Å². The summed E-state index contributed by atoms with van der Waals surface area (Å²) >= 11 is 1.31. The third-order valence-corrected chi connectivity index (χ3v) is 6.47. The van der Waals surface area contributed by atoms with Gasteiger partial charge in [0.1, 0.15) is 23.1 Å². The van der Waals surface area contributed by atoms with Crippen LogP contribution in [0.5, 0.6) is 11.5 Å². The molecule has 2 aliphatic heterocycles. The zero-order valence-electron chi connectivity index (χ0n) is 16.7. The Morgan fingerprint density at radius 1 is 1.13 bits per heavy atom. The van der Waals surface area contributed by atoms with Crippen LogP contribution >= 0.6 is 11.3 Å². The Bertz CT molecular complexity index is 1220. The molecule has 0 aliphatic carbocycles. The predicted octanol–water partition coefficient (Wildman–Crippen LogP) is 3.85. The number of ketones is 1. The van der Waals surface area contributed by atoms with Crippen LogP contribution in [-0.2, 0) is 15.2 Å². The zero-order valence-corrected chi connectivity index (χ0v) is 17.6. The van der Waals surface area contributed by atoms with Crippen LogP contribution < -0.4 is 14.8 Å². The van der Waals surface area contributed by atoms with E-state index in [1.807, 2.05) is 11.4 Å². The molecule has 0 unspecified atom stereocenters. The Morgan fingerprint density at radius 2 is 1.97 bits per heavy atom. The summed E-state index contributed by atoms with van der Waals surface area (Å²) in [6.45, 7) is 0. The smallest absolute Gasteiger partial charge is 0.277 e. The Morgan fingerprint density at radius 3 is 2.71 bits per heavy atom. The molecule has 1 amide bonds. The van der Waals surface area contributed by atoms with Gasteiger partial charge in [-0.15, -0.1) is 11.3 Å². The minimum Gasteiger partial charge on any atom is -0.497 e. The molecule has 1 aromatic heterocycles. The average molecular weight is 434 g/mol. The second kappa shape index (κ2) is 7.24. The van der Waals surface area contributed by atoms with Gasteiger partial charge in [0.05, 0.1) is 19.1 Å². The van der Waals surface area contributed by atoms with Crippen LogP contribution in [0.2, 0.25) is 0 Å². The molecule has 0 bridgehead atoms. The van der Waals surface area contributed by atoms with Crippen molar-refractivity contribution in [2.45, 2.75) is 5.60 Å². The Labute approximate surface area is 182 Å². The minimum atomic E-state index is -1.60. The van der Waals surface area contributed by atoms with E-state index in [1.54, 1.807) is 55.6 Å². The fourth-order valence-electron chi connectivity index (χ4n) is 4.14. The molecule has 1 spiro atoms. The molecule has 3 heterocycles. The molecule has 156 valence electrons. The number of anilines is 1. The second-order valence-corrected chi connectivity index (χ2v) is 8.09. The molecule has 2 aliphatic rings. The largest absolute Gasteiger partial charge is 0.497 e. The summed E-state index contributed by atoms with van der Waals surface area (Å²) in [6, 6.07) is 15.9. The van der Waals surface area contributed by atoms with Crippen LogP contribution in [0.15, 0.2) is 65.1 Å². The number of Topliss-reactive ketones (excluding diaryl/α,β-unsaturated/α-hetero) is 1. The first-order valence-corrected chi connectivity index (χ1v) is 10.4. The number of rotatable bonds is 5. The number of amides is 1. The van der Waals surface area contributed by atoms with Gasteiger partial charge in [-0.2, -0.15) is 0 Å². The van der Waals surface area contributed by atoms with E-state index < -0.39 is 17.4 Å². The fraction of sp³-hybridized carbons (Fsp3) is 0.174. The standard InChI is InChI=1S/C23H18N2O5S/c1-28-13-9-10-17(29-2)14(12-13)20-19(21(26)18-8-5-11-31-18)23(30-25-20)15-6-3-4-7-16(15)24-22(23)27/h3-12,19H,1-2H3,(H,24,27)/t19-,23+/m0/s1. The van der Waals surface area contributed by atoms with E-state index in [4.69, 9.17) is 14.3 Å². The summed E-state index contributed by atoms with van der Waals surface area (Å²) in [5, 5.41) is 8.95. The van der Waals surface area contributed by atoms with E-state index >= 15 is 0 Å². The number of nitrogens with one attached hydrogen (secondary N) is 1. The van der Waals surface area contributed by atoms with Crippen LogP contribution in [0, 0.1) is 5.92 Å². The van der Waals surface area contributed by atoms with Gasteiger partial charge in [-0.1, -0.05) is 29.4 Å². The Hall–Kier alpha value is -3.65. The molecular weight excluding hydrogens is 416 g/mol. The summed E-state index contributed by atoms with van der Waals surface area (Å²) in [6.07, 6.45) is 0. The summed E-state index contributed by atoms with van der Waals surface area (Å²) < 4.78 is 10.9. The van der Waals surface area contributed by atoms with Gasteiger partial charge in [-0.25, -0.2) is 0 Å². The molecule has 2 atom stereocenters. The van der Waals surface area contributed by atoms with E-state index in [1.165, 1.54) is 18.4 Å².